The normalized spacial score (nSPS) is 16.3. The summed E-state index contributed by atoms with van der Waals surface area (Å²) in [5.41, 5.74) is 1.05. The minimum absolute atomic E-state index is 0.235. The molecule has 1 aliphatic heterocycles. The van der Waals surface area contributed by atoms with Crippen LogP contribution in [0.15, 0.2) is 35.7 Å². The van der Waals surface area contributed by atoms with Crippen LogP contribution >= 0.6 is 11.3 Å². The van der Waals surface area contributed by atoms with Gasteiger partial charge in [0.05, 0.1) is 20.3 Å². The van der Waals surface area contributed by atoms with Crippen LogP contribution in [0.5, 0.6) is 11.5 Å². The smallest absolute Gasteiger partial charge is 0.165 e. The molecule has 1 saturated heterocycles. The summed E-state index contributed by atoms with van der Waals surface area (Å²) in [7, 11) is 3.74. The first kappa shape index (κ1) is 21.1. The van der Waals surface area contributed by atoms with Crippen LogP contribution in [-0.2, 0) is 17.8 Å². The zero-order valence-corrected chi connectivity index (χ0v) is 17.5. The Morgan fingerprint density at radius 3 is 2.75 bits per heavy atom. The Bertz CT molecular complexity index is 704. The standard InChI is InChI=1S/C21H30N2O4S/c1-22(15-19-6-4-12-28-19)13-17-5-3-7-20(25-2)21(17)27-16-18(24)14-23-8-10-26-11-9-23/h3-7,12,18,24H,8-11,13-16H2,1-2H3/t18-/m0/s1. The fourth-order valence-electron chi connectivity index (χ4n) is 3.34. The van der Waals surface area contributed by atoms with Crippen molar-refractivity contribution in [1.29, 1.82) is 0 Å². The Balaban J connectivity index is 1.60. The summed E-state index contributed by atoms with van der Waals surface area (Å²) in [6, 6.07) is 10.1. The minimum Gasteiger partial charge on any atom is -0.493 e. The summed E-state index contributed by atoms with van der Waals surface area (Å²) >= 11 is 1.76. The molecule has 0 spiro atoms. The van der Waals surface area contributed by atoms with Crippen LogP contribution in [0.1, 0.15) is 10.4 Å². The van der Waals surface area contributed by atoms with E-state index in [4.69, 9.17) is 14.2 Å². The van der Waals surface area contributed by atoms with Crippen molar-refractivity contribution in [1.82, 2.24) is 9.80 Å². The van der Waals surface area contributed by atoms with Gasteiger partial charge in [-0.1, -0.05) is 18.2 Å². The first-order valence-electron chi connectivity index (χ1n) is 9.63. The maximum absolute atomic E-state index is 10.4. The van der Waals surface area contributed by atoms with E-state index < -0.39 is 6.10 Å². The largest absolute Gasteiger partial charge is 0.493 e. The zero-order chi connectivity index (χ0) is 19.8. The lowest BCUT2D eigenvalue weighted by Gasteiger charge is -2.28. The van der Waals surface area contributed by atoms with Gasteiger partial charge in [-0.25, -0.2) is 0 Å². The van der Waals surface area contributed by atoms with Crippen LogP contribution < -0.4 is 9.47 Å². The van der Waals surface area contributed by atoms with Crippen molar-refractivity contribution in [3.8, 4) is 11.5 Å². The van der Waals surface area contributed by atoms with Crippen LogP contribution in [-0.4, -0.2) is 74.6 Å². The number of thiophene rings is 1. The van der Waals surface area contributed by atoms with E-state index in [0.717, 1.165) is 45.0 Å². The second-order valence-corrected chi connectivity index (χ2v) is 8.11. The number of nitrogens with zero attached hydrogens (tertiary/aromatic N) is 2. The van der Waals surface area contributed by atoms with E-state index >= 15 is 0 Å². The Hall–Kier alpha value is -1.64. The van der Waals surface area contributed by atoms with E-state index in [1.807, 2.05) is 12.1 Å². The van der Waals surface area contributed by atoms with E-state index in [2.05, 4.69) is 40.4 Å². The molecule has 1 aromatic carbocycles. The average molecular weight is 407 g/mol. The van der Waals surface area contributed by atoms with E-state index in [9.17, 15) is 5.11 Å². The fourth-order valence-corrected chi connectivity index (χ4v) is 4.12. The Morgan fingerprint density at radius 2 is 2.04 bits per heavy atom. The summed E-state index contributed by atoms with van der Waals surface area (Å²) in [4.78, 5) is 5.78. The number of hydrogen-bond donors (Lipinski definition) is 1. The number of rotatable bonds is 10. The molecule has 0 saturated carbocycles. The van der Waals surface area contributed by atoms with Crippen LogP contribution in [0.25, 0.3) is 0 Å². The number of para-hydroxylation sites is 1. The third-order valence-electron chi connectivity index (χ3n) is 4.72. The van der Waals surface area contributed by atoms with Gasteiger partial charge in [0.2, 0.25) is 0 Å². The lowest BCUT2D eigenvalue weighted by molar-refractivity contribution is 0.00431. The van der Waals surface area contributed by atoms with Crippen LogP contribution in [0.3, 0.4) is 0 Å². The lowest BCUT2D eigenvalue weighted by atomic mass is 10.1. The monoisotopic (exact) mass is 406 g/mol. The molecule has 0 unspecified atom stereocenters. The number of hydrogen-bond acceptors (Lipinski definition) is 7. The summed E-state index contributed by atoms with van der Waals surface area (Å²) in [6.45, 7) is 5.60. The van der Waals surface area contributed by atoms with E-state index in [-0.39, 0.29) is 6.61 Å². The molecular weight excluding hydrogens is 376 g/mol. The topological polar surface area (TPSA) is 54.4 Å². The fraction of sp³-hybridized carbons (Fsp3) is 0.524. The minimum atomic E-state index is -0.556. The summed E-state index contributed by atoms with van der Waals surface area (Å²) < 4.78 is 16.9. The maximum atomic E-state index is 10.4. The molecule has 154 valence electrons. The highest BCUT2D eigenvalue weighted by Gasteiger charge is 2.18. The molecule has 1 aliphatic rings. The molecule has 1 aromatic heterocycles. The molecule has 0 aliphatic carbocycles. The van der Waals surface area contributed by atoms with Crippen LogP contribution in [0.4, 0.5) is 0 Å². The third-order valence-corrected chi connectivity index (χ3v) is 5.58. The summed E-state index contributed by atoms with van der Waals surface area (Å²) in [5.74, 6) is 1.41. The number of β-amino-alcohol motifs (C(OH)–C–C–N with tert-alkyl or cyclic N) is 1. The molecular formula is C21H30N2O4S. The van der Waals surface area contributed by atoms with E-state index in [1.165, 1.54) is 4.88 Å². The van der Waals surface area contributed by atoms with Crippen LogP contribution in [0, 0.1) is 0 Å². The molecule has 7 heteroatoms. The number of benzene rings is 1. The quantitative estimate of drug-likeness (QED) is 0.654. The van der Waals surface area contributed by atoms with Gasteiger partial charge in [0.15, 0.2) is 11.5 Å². The van der Waals surface area contributed by atoms with Gasteiger partial charge in [-0.15, -0.1) is 11.3 Å². The predicted molar refractivity (Wildman–Crippen MR) is 111 cm³/mol. The molecule has 1 fully saturated rings. The second-order valence-electron chi connectivity index (χ2n) is 7.08. The number of ether oxygens (including phenoxy) is 3. The van der Waals surface area contributed by atoms with Gasteiger partial charge < -0.3 is 19.3 Å². The molecule has 0 radical (unpaired) electrons. The van der Waals surface area contributed by atoms with Crippen molar-refractivity contribution in [2.45, 2.75) is 19.2 Å². The van der Waals surface area contributed by atoms with E-state index in [1.54, 1.807) is 18.4 Å². The lowest BCUT2D eigenvalue weighted by Crippen LogP contribution is -2.42. The highest BCUT2D eigenvalue weighted by molar-refractivity contribution is 7.09. The molecule has 1 atom stereocenters. The van der Waals surface area contributed by atoms with Crippen molar-refractivity contribution < 1.29 is 19.3 Å². The molecule has 0 bridgehead atoms. The Morgan fingerprint density at radius 1 is 1.21 bits per heavy atom. The number of aliphatic hydroxyl groups is 1. The molecule has 2 aromatic rings. The molecule has 2 heterocycles. The molecule has 0 amide bonds. The van der Waals surface area contributed by atoms with Crippen molar-refractivity contribution in [3.63, 3.8) is 0 Å². The van der Waals surface area contributed by atoms with Gasteiger partial charge in [0.1, 0.15) is 12.7 Å². The third kappa shape index (κ3) is 6.18. The maximum Gasteiger partial charge on any atom is 0.165 e. The highest BCUT2D eigenvalue weighted by Crippen LogP contribution is 2.32. The average Bonchev–Trinajstić information content (AvgIpc) is 3.20. The van der Waals surface area contributed by atoms with Crippen LogP contribution in [0.2, 0.25) is 0 Å². The molecule has 6 nitrogen and oxygen atoms in total. The number of morpholine rings is 1. The Kier molecular flexibility index (Phi) is 8.12. The second kappa shape index (κ2) is 10.8. The SMILES string of the molecule is COc1cccc(CN(C)Cc2cccs2)c1OC[C@@H](O)CN1CCOCC1. The Labute approximate surface area is 171 Å². The van der Waals surface area contributed by atoms with Gasteiger partial charge >= 0.3 is 0 Å². The highest BCUT2D eigenvalue weighted by atomic mass is 32.1. The van der Waals surface area contributed by atoms with Crippen molar-refractivity contribution in [2.24, 2.45) is 0 Å². The first-order chi connectivity index (χ1) is 13.7. The van der Waals surface area contributed by atoms with Gasteiger partial charge in [-0.3, -0.25) is 9.80 Å². The zero-order valence-electron chi connectivity index (χ0n) is 16.7. The van der Waals surface area contributed by atoms with Gasteiger partial charge in [0, 0.05) is 43.2 Å². The summed E-state index contributed by atoms with van der Waals surface area (Å²) in [6.07, 6.45) is -0.556. The predicted octanol–water partition coefficient (Wildman–Crippen LogP) is 2.46. The van der Waals surface area contributed by atoms with Crippen molar-refractivity contribution in [3.05, 3.63) is 46.2 Å². The van der Waals surface area contributed by atoms with Crippen molar-refractivity contribution >= 4 is 11.3 Å². The molecule has 28 heavy (non-hydrogen) atoms. The van der Waals surface area contributed by atoms with Gasteiger partial charge in [-0.2, -0.15) is 0 Å². The molecule has 1 N–H and O–H groups in total. The van der Waals surface area contributed by atoms with E-state index in [0.29, 0.717) is 18.0 Å². The summed E-state index contributed by atoms with van der Waals surface area (Å²) in [5, 5.41) is 12.5. The molecule has 3 rings (SSSR count). The first-order valence-corrected chi connectivity index (χ1v) is 10.5. The van der Waals surface area contributed by atoms with Crippen molar-refractivity contribution in [2.75, 3.05) is 53.6 Å². The number of aliphatic hydroxyl groups excluding tert-OH is 1. The van der Waals surface area contributed by atoms with Gasteiger partial charge in [-0.05, 0) is 24.6 Å². The number of methoxy groups -OCH3 is 1. The van der Waals surface area contributed by atoms with Gasteiger partial charge in [0.25, 0.3) is 0 Å².